The predicted molar refractivity (Wildman–Crippen MR) is 92.2 cm³/mol. The first-order chi connectivity index (χ1) is 11.8. The zero-order valence-corrected chi connectivity index (χ0v) is 14.2. The number of rotatable bonds is 9. The maximum atomic E-state index is 11.7. The summed E-state index contributed by atoms with van der Waals surface area (Å²) < 4.78 is 16.4. The molecule has 1 fully saturated rings. The molecule has 0 aliphatic carbocycles. The Morgan fingerprint density at radius 1 is 1.21 bits per heavy atom. The highest BCUT2D eigenvalue weighted by Gasteiger charge is 2.13. The van der Waals surface area contributed by atoms with Gasteiger partial charge in [0.2, 0.25) is 0 Å². The fourth-order valence-electron chi connectivity index (χ4n) is 2.54. The van der Waals surface area contributed by atoms with E-state index < -0.39 is 0 Å². The monoisotopic (exact) mass is 330 g/mol. The summed E-state index contributed by atoms with van der Waals surface area (Å²) in [4.78, 5) is 11.7. The first-order valence-electron chi connectivity index (χ1n) is 8.72. The Morgan fingerprint density at radius 2 is 2.04 bits per heavy atom. The largest absolute Gasteiger partial charge is 0.461 e. The summed E-state index contributed by atoms with van der Waals surface area (Å²) in [6, 6.07) is 7.46. The van der Waals surface area contributed by atoms with E-state index >= 15 is 0 Å². The van der Waals surface area contributed by atoms with Crippen LogP contribution in [0, 0.1) is 12.3 Å². The maximum absolute atomic E-state index is 11.7. The van der Waals surface area contributed by atoms with Crippen molar-refractivity contribution in [3.63, 3.8) is 0 Å². The van der Waals surface area contributed by atoms with E-state index in [-0.39, 0.29) is 12.3 Å². The van der Waals surface area contributed by atoms with Crippen LogP contribution in [-0.2, 0) is 25.6 Å². The molecule has 1 aliphatic heterocycles. The van der Waals surface area contributed by atoms with Gasteiger partial charge in [-0.1, -0.05) is 24.5 Å². The average molecular weight is 330 g/mol. The molecular formula is C20H26O4. The number of hydrogen-bond acceptors (Lipinski definition) is 4. The topological polar surface area (TPSA) is 44.8 Å². The standard InChI is InChI=1S/C20H26O4/c1-2-17-10-12-18(13-11-17)16-24-19(21)8-4-3-6-14-22-20-9-5-7-15-23-20/h1,10-13,20H,3-9,14-16H2. The lowest BCUT2D eigenvalue weighted by Crippen LogP contribution is -2.22. The molecule has 130 valence electrons. The van der Waals surface area contributed by atoms with Gasteiger partial charge in [-0.3, -0.25) is 4.79 Å². The number of benzene rings is 1. The highest BCUT2D eigenvalue weighted by atomic mass is 16.7. The molecule has 0 radical (unpaired) electrons. The highest BCUT2D eigenvalue weighted by molar-refractivity contribution is 5.69. The van der Waals surface area contributed by atoms with Crippen molar-refractivity contribution in [2.75, 3.05) is 13.2 Å². The van der Waals surface area contributed by atoms with Gasteiger partial charge in [0, 0.05) is 25.2 Å². The molecule has 4 nitrogen and oxygen atoms in total. The third-order valence-corrected chi connectivity index (χ3v) is 3.99. The van der Waals surface area contributed by atoms with Crippen molar-refractivity contribution in [2.24, 2.45) is 0 Å². The Balaban J connectivity index is 1.48. The van der Waals surface area contributed by atoms with Gasteiger partial charge in [-0.25, -0.2) is 0 Å². The molecule has 1 atom stereocenters. The van der Waals surface area contributed by atoms with Gasteiger partial charge in [0.05, 0.1) is 0 Å². The minimum Gasteiger partial charge on any atom is -0.461 e. The molecule has 1 aliphatic rings. The summed E-state index contributed by atoms with van der Waals surface area (Å²) in [5.41, 5.74) is 1.77. The van der Waals surface area contributed by atoms with Gasteiger partial charge in [0.25, 0.3) is 0 Å². The molecule has 1 aromatic rings. The van der Waals surface area contributed by atoms with Gasteiger partial charge in [-0.15, -0.1) is 6.42 Å². The Morgan fingerprint density at radius 3 is 2.75 bits per heavy atom. The molecular weight excluding hydrogens is 304 g/mol. The predicted octanol–water partition coefficient (Wildman–Crippen LogP) is 3.81. The quantitative estimate of drug-likeness (QED) is 0.392. The zero-order valence-electron chi connectivity index (χ0n) is 14.2. The van der Waals surface area contributed by atoms with E-state index in [0.29, 0.717) is 19.6 Å². The van der Waals surface area contributed by atoms with Crippen LogP contribution >= 0.6 is 0 Å². The Hall–Kier alpha value is -1.83. The second-order valence-electron chi connectivity index (χ2n) is 5.98. The molecule has 0 amide bonds. The van der Waals surface area contributed by atoms with E-state index in [9.17, 15) is 4.79 Å². The lowest BCUT2D eigenvalue weighted by molar-refractivity contribution is -0.163. The van der Waals surface area contributed by atoms with Gasteiger partial charge < -0.3 is 14.2 Å². The molecule has 0 N–H and O–H groups in total. The average Bonchev–Trinajstić information content (AvgIpc) is 2.64. The molecule has 0 saturated carbocycles. The molecule has 0 spiro atoms. The number of ether oxygens (including phenoxy) is 3. The molecule has 1 saturated heterocycles. The Labute approximate surface area is 144 Å². The van der Waals surface area contributed by atoms with E-state index in [1.165, 1.54) is 6.42 Å². The second-order valence-corrected chi connectivity index (χ2v) is 5.98. The summed E-state index contributed by atoms with van der Waals surface area (Å²) >= 11 is 0. The number of esters is 1. The van der Waals surface area contributed by atoms with Gasteiger partial charge in [0.1, 0.15) is 6.61 Å². The number of hydrogen-bond donors (Lipinski definition) is 0. The molecule has 0 bridgehead atoms. The van der Waals surface area contributed by atoms with E-state index in [1.807, 2.05) is 24.3 Å². The van der Waals surface area contributed by atoms with Crippen LogP contribution in [-0.4, -0.2) is 25.5 Å². The van der Waals surface area contributed by atoms with Crippen LogP contribution in [0.1, 0.15) is 56.1 Å². The lowest BCUT2D eigenvalue weighted by Gasteiger charge is -2.22. The molecule has 24 heavy (non-hydrogen) atoms. The summed E-state index contributed by atoms with van der Waals surface area (Å²) in [7, 11) is 0. The first kappa shape index (κ1) is 18.5. The minimum absolute atomic E-state index is 0.0235. The first-order valence-corrected chi connectivity index (χ1v) is 8.72. The SMILES string of the molecule is C#Cc1ccc(COC(=O)CCCCCOC2CCCCO2)cc1. The number of carbonyl (C=O) groups excluding carboxylic acids is 1. The number of unbranched alkanes of at least 4 members (excludes halogenated alkanes) is 2. The van der Waals surface area contributed by atoms with Gasteiger partial charge >= 0.3 is 5.97 Å². The molecule has 1 unspecified atom stereocenters. The van der Waals surface area contributed by atoms with Crippen molar-refractivity contribution in [3.05, 3.63) is 35.4 Å². The van der Waals surface area contributed by atoms with Gasteiger partial charge in [0.15, 0.2) is 6.29 Å². The van der Waals surface area contributed by atoms with Crippen LogP contribution in [0.15, 0.2) is 24.3 Å². The van der Waals surface area contributed by atoms with Crippen molar-refractivity contribution >= 4 is 5.97 Å². The van der Waals surface area contributed by atoms with Crippen molar-refractivity contribution in [2.45, 2.75) is 57.8 Å². The fraction of sp³-hybridized carbons (Fsp3) is 0.550. The summed E-state index contributed by atoms with van der Waals surface area (Å²) in [6.07, 6.45) is 11.8. The maximum Gasteiger partial charge on any atom is 0.306 e. The number of carbonyl (C=O) groups is 1. The molecule has 1 heterocycles. The van der Waals surface area contributed by atoms with Crippen molar-refractivity contribution in [3.8, 4) is 12.3 Å². The highest BCUT2D eigenvalue weighted by Crippen LogP contribution is 2.14. The molecule has 0 aromatic heterocycles. The van der Waals surface area contributed by atoms with Crippen molar-refractivity contribution in [1.82, 2.24) is 0 Å². The van der Waals surface area contributed by atoms with Crippen LogP contribution in [0.5, 0.6) is 0 Å². The van der Waals surface area contributed by atoms with E-state index in [2.05, 4.69) is 5.92 Å². The van der Waals surface area contributed by atoms with Crippen LogP contribution in [0.3, 0.4) is 0 Å². The zero-order chi connectivity index (χ0) is 17.0. The molecule has 2 rings (SSSR count). The number of terminal acetylenes is 1. The lowest BCUT2D eigenvalue weighted by atomic mass is 10.1. The van der Waals surface area contributed by atoms with E-state index in [0.717, 1.165) is 49.8 Å². The van der Waals surface area contributed by atoms with Gasteiger partial charge in [-0.05, 0) is 49.8 Å². The van der Waals surface area contributed by atoms with Crippen LogP contribution in [0.4, 0.5) is 0 Å². The third-order valence-electron chi connectivity index (χ3n) is 3.99. The Bertz CT molecular complexity index is 524. The van der Waals surface area contributed by atoms with Crippen LogP contribution < -0.4 is 0 Å². The smallest absolute Gasteiger partial charge is 0.306 e. The van der Waals surface area contributed by atoms with Crippen molar-refractivity contribution < 1.29 is 19.0 Å². The third kappa shape index (κ3) is 7.16. The summed E-state index contributed by atoms with van der Waals surface area (Å²) in [5.74, 6) is 2.40. The van der Waals surface area contributed by atoms with Gasteiger partial charge in [-0.2, -0.15) is 0 Å². The summed E-state index contributed by atoms with van der Waals surface area (Å²) in [6.45, 7) is 1.80. The van der Waals surface area contributed by atoms with E-state index in [4.69, 9.17) is 20.6 Å². The fourth-order valence-corrected chi connectivity index (χ4v) is 2.54. The van der Waals surface area contributed by atoms with Crippen molar-refractivity contribution in [1.29, 1.82) is 0 Å². The summed E-state index contributed by atoms with van der Waals surface area (Å²) in [5, 5.41) is 0. The minimum atomic E-state index is -0.160. The van der Waals surface area contributed by atoms with Crippen LogP contribution in [0.25, 0.3) is 0 Å². The normalized spacial score (nSPS) is 17.2. The van der Waals surface area contributed by atoms with E-state index in [1.54, 1.807) is 0 Å². The molecule has 4 heteroatoms. The second kappa shape index (κ2) is 10.9. The Kier molecular flexibility index (Phi) is 8.37. The molecule has 1 aromatic carbocycles. The van der Waals surface area contributed by atoms with Crippen LogP contribution in [0.2, 0.25) is 0 Å².